The molecule has 5 aromatic rings. The van der Waals surface area contributed by atoms with Crippen molar-refractivity contribution in [3.8, 4) is 5.75 Å². The Balaban J connectivity index is 1.24. The third-order valence-corrected chi connectivity index (χ3v) is 10.9. The van der Waals surface area contributed by atoms with E-state index in [0.29, 0.717) is 36.8 Å². The molecule has 1 heterocycles. The van der Waals surface area contributed by atoms with E-state index in [-0.39, 0.29) is 18.0 Å². The zero-order valence-corrected chi connectivity index (χ0v) is 31.5. The number of nitrogens with one attached hydrogen (secondary N) is 3. The molecule has 7 nitrogen and oxygen atoms in total. The van der Waals surface area contributed by atoms with Gasteiger partial charge in [-0.15, -0.1) is 11.8 Å². The number of para-hydroxylation sites is 1. The van der Waals surface area contributed by atoms with Crippen molar-refractivity contribution in [2.75, 3.05) is 25.4 Å². The van der Waals surface area contributed by atoms with Crippen LogP contribution in [0, 0.1) is 0 Å². The largest absolute Gasteiger partial charge is 0.492 e. The number of hydrogen-bond donors (Lipinski definition) is 3. The Morgan fingerprint density at radius 3 is 1.91 bits per heavy atom. The van der Waals surface area contributed by atoms with Gasteiger partial charge in [0.1, 0.15) is 11.4 Å². The molecule has 1 unspecified atom stereocenters. The molecule has 274 valence electrons. The summed E-state index contributed by atoms with van der Waals surface area (Å²) in [5, 5.41) is 10.00. The van der Waals surface area contributed by atoms with E-state index >= 15 is 0 Å². The number of amides is 2. The Labute approximate surface area is 317 Å². The summed E-state index contributed by atoms with van der Waals surface area (Å²) in [4.78, 5) is 26.7. The number of carbonyl (C=O) groups is 2. The third kappa shape index (κ3) is 9.69. The van der Waals surface area contributed by atoms with Crippen LogP contribution in [0.15, 0.2) is 140 Å². The minimum Gasteiger partial charge on any atom is -0.492 e. The first-order chi connectivity index (χ1) is 25.7. The molecule has 53 heavy (non-hydrogen) atoms. The number of alkyl carbamates (subject to hydrolysis) is 1. The Hall–Kier alpha value is -5.05. The summed E-state index contributed by atoms with van der Waals surface area (Å²) in [6.07, 6.45) is 1.01. The van der Waals surface area contributed by atoms with Crippen molar-refractivity contribution < 1.29 is 19.1 Å². The van der Waals surface area contributed by atoms with Crippen LogP contribution < -0.4 is 20.7 Å². The highest BCUT2D eigenvalue weighted by Gasteiger charge is 2.38. The molecule has 0 bridgehead atoms. The highest BCUT2D eigenvalue weighted by atomic mass is 32.2. The summed E-state index contributed by atoms with van der Waals surface area (Å²) < 4.78 is 11.3. The van der Waals surface area contributed by atoms with Gasteiger partial charge in [0.25, 0.3) is 5.91 Å². The lowest BCUT2D eigenvalue weighted by molar-refractivity contribution is 0.0507. The van der Waals surface area contributed by atoms with Gasteiger partial charge in [-0.3, -0.25) is 4.79 Å². The summed E-state index contributed by atoms with van der Waals surface area (Å²) in [7, 11) is 0. The fourth-order valence-electron chi connectivity index (χ4n) is 6.78. The van der Waals surface area contributed by atoms with Crippen molar-refractivity contribution in [2.45, 2.75) is 56.0 Å². The molecular weight excluding hydrogens is 679 g/mol. The van der Waals surface area contributed by atoms with Crippen LogP contribution in [-0.4, -0.2) is 49.1 Å². The zero-order chi connectivity index (χ0) is 37.1. The van der Waals surface area contributed by atoms with E-state index in [4.69, 9.17) is 9.47 Å². The van der Waals surface area contributed by atoms with Crippen LogP contribution in [0.3, 0.4) is 0 Å². The minimum absolute atomic E-state index is 0.0779. The molecule has 0 fully saturated rings. The second-order valence-corrected chi connectivity index (χ2v) is 15.5. The average Bonchev–Trinajstić information content (AvgIpc) is 3.17. The van der Waals surface area contributed by atoms with Crippen LogP contribution in [0.4, 0.5) is 4.79 Å². The molecular formula is C45H49N3O4S. The molecule has 5 aromatic carbocycles. The van der Waals surface area contributed by atoms with Gasteiger partial charge in [-0.2, -0.15) is 0 Å². The Morgan fingerprint density at radius 1 is 0.774 bits per heavy atom. The molecule has 2 amide bonds. The van der Waals surface area contributed by atoms with Gasteiger partial charge in [0.15, 0.2) is 0 Å². The molecule has 1 aliphatic heterocycles. The fourth-order valence-corrected chi connectivity index (χ4v) is 8.34. The molecule has 2 atom stereocenters. The maximum atomic E-state index is 13.4. The normalized spacial score (nSPS) is 14.7. The van der Waals surface area contributed by atoms with E-state index in [0.717, 1.165) is 35.1 Å². The number of carbonyl (C=O) groups excluding carboxylic acids is 2. The van der Waals surface area contributed by atoms with Gasteiger partial charge in [-0.05, 0) is 55.5 Å². The number of fused-ring (bicyclic) bond motifs is 1. The van der Waals surface area contributed by atoms with Gasteiger partial charge >= 0.3 is 6.09 Å². The van der Waals surface area contributed by atoms with Crippen molar-refractivity contribution in [3.63, 3.8) is 0 Å². The van der Waals surface area contributed by atoms with Gasteiger partial charge in [0.05, 0.1) is 23.0 Å². The molecule has 3 N–H and O–H groups in total. The zero-order valence-electron chi connectivity index (χ0n) is 30.7. The molecule has 6 rings (SSSR count). The van der Waals surface area contributed by atoms with Crippen molar-refractivity contribution in [1.82, 2.24) is 16.0 Å². The maximum absolute atomic E-state index is 13.4. The van der Waals surface area contributed by atoms with Gasteiger partial charge in [0, 0.05) is 36.9 Å². The number of ether oxygens (including phenoxy) is 2. The summed E-state index contributed by atoms with van der Waals surface area (Å²) in [6, 6.07) is 47.1. The number of rotatable bonds is 14. The molecule has 0 saturated heterocycles. The van der Waals surface area contributed by atoms with Gasteiger partial charge in [-0.25, -0.2) is 4.79 Å². The van der Waals surface area contributed by atoms with Gasteiger partial charge in [0.2, 0.25) is 0 Å². The van der Waals surface area contributed by atoms with Crippen LogP contribution in [0.1, 0.15) is 71.4 Å². The average molecular weight is 728 g/mol. The van der Waals surface area contributed by atoms with E-state index in [2.05, 4.69) is 101 Å². The topological polar surface area (TPSA) is 88.7 Å². The Bertz CT molecular complexity index is 1820. The van der Waals surface area contributed by atoms with E-state index < -0.39 is 16.4 Å². The van der Waals surface area contributed by atoms with Crippen molar-refractivity contribution >= 4 is 23.8 Å². The summed E-state index contributed by atoms with van der Waals surface area (Å²) in [6.45, 7) is 7.08. The second-order valence-electron chi connectivity index (χ2n) is 14.2. The summed E-state index contributed by atoms with van der Waals surface area (Å²) in [5.41, 5.74) is 5.44. The molecule has 0 radical (unpaired) electrons. The van der Waals surface area contributed by atoms with E-state index in [1.807, 2.05) is 75.4 Å². The van der Waals surface area contributed by atoms with E-state index in [1.54, 1.807) is 11.8 Å². The number of thioether (sulfide) groups is 1. The fraction of sp³-hybridized carbons (Fsp3) is 0.289. The molecule has 8 heteroatoms. The molecule has 0 aliphatic carbocycles. The van der Waals surface area contributed by atoms with Crippen molar-refractivity contribution in [2.24, 2.45) is 0 Å². The summed E-state index contributed by atoms with van der Waals surface area (Å²) in [5.74, 6) is 1.03. The third-order valence-electron chi connectivity index (χ3n) is 9.23. The monoisotopic (exact) mass is 727 g/mol. The molecule has 0 aromatic heterocycles. The maximum Gasteiger partial charge on any atom is 0.407 e. The van der Waals surface area contributed by atoms with Crippen molar-refractivity contribution in [3.05, 3.63) is 173 Å². The standard InChI is InChI=1S/C45H49N3O4S/c1-44(2,3)52-43(50)48-37(32-53-45(34-19-10-5-11-20-34,35-21-12-6-13-22-35)36-23-14-7-15-24-36)31-47-40-28-30-51-41-38(40)25-16-26-39(41)42(49)46-29-27-33-17-8-4-9-18-33/h4-26,37,40,47H,27-32H2,1-3H3,(H,46,49)(H,48,50)/t37-,40?/m1/s1. The smallest absolute Gasteiger partial charge is 0.407 e. The Kier molecular flexibility index (Phi) is 12.6. The lowest BCUT2D eigenvalue weighted by atomic mass is 9.84. The highest BCUT2D eigenvalue weighted by Crippen LogP contribution is 2.48. The Morgan fingerprint density at radius 2 is 1.34 bits per heavy atom. The predicted octanol–water partition coefficient (Wildman–Crippen LogP) is 8.69. The van der Waals surface area contributed by atoms with Crippen LogP contribution in [0.25, 0.3) is 0 Å². The van der Waals surface area contributed by atoms with E-state index in [9.17, 15) is 9.59 Å². The van der Waals surface area contributed by atoms with Gasteiger partial charge < -0.3 is 25.4 Å². The van der Waals surface area contributed by atoms with Crippen LogP contribution in [0.2, 0.25) is 0 Å². The lowest BCUT2D eigenvalue weighted by Crippen LogP contribution is -2.47. The SMILES string of the molecule is CC(C)(C)OC(=O)N[C@H](CNC1CCOc2c(C(=O)NCCc3ccccc3)cccc21)CSC(c1ccccc1)(c1ccccc1)c1ccccc1. The van der Waals surface area contributed by atoms with Crippen LogP contribution in [-0.2, 0) is 15.9 Å². The predicted molar refractivity (Wildman–Crippen MR) is 215 cm³/mol. The lowest BCUT2D eigenvalue weighted by Gasteiger charge is -2.37. The first kappa shape index (κ1) is 37.7. The first-order valence-corrected chi connectivity index (χ1v) is 19.3. The summed E-state index contributed by atoms with van der Waals surface area (Å²) >= 11 is 1.79. The molecule has 0 spiro atoms. The molecule has 1 aliphatic rings. The number of benzene rings is 5. The van der Waals surface area contributed by atoms with E-state index in [1.165, 1.54) is 5.56 Å². The highest BCUT2D eigenvalue weighted by molar-refractivity contribution is 8.00. The van der Waals surface area contributed by atoms with Crippen LogP contribution in [0.5, 0.6) is 5.75 Å². The minimum atomic E-state index is -0.644. The second kappa shape index (κ2) is 17.6. The number of hydrogen-bond acceptors (Lipinski definition) is 6. The van der Waals surface area contributed by atoms with Gasteiger partial charge in [-0.1, -0.05) is 133 Å². The van der Waals surface area contributed by atoms with Crippen molar-refractivity contribution in [1.29, 1.82) is 0 Å². The first-order valence-electron chi connectivity index (χ1n) is 18.3. The quantitative estimate of drug-likeness (QED) is 0.0993. The van der Waals surface area contributed by atoms with Crippen LogP contribution >= 0.6 is 11.8 Å². The molecule has 0 saturated carbocycles.